The number of anilines is 1. The maximum atomic E-state index is 10.6. The molecular formula is C11H14BrN3O2S. The van der Waals surface area contributed by atoms with Crippen LogP contribution in [0.3, 0.4) is 0 Å². The lowest BCUT2D eigenvalue weighted by molar-refractivity contribution is -0.385. The summed E-state index contributed by atoms with van der Waals surface area (Å²) in [5, 5.41) is 14.5. The summed E-state index contributed by atoms with van der Waals surface area (Å²) in [5.74, 6) is 1.90. The molecule has 0 bridgehead atoms. The highest BCUT2D eigenvalue weighted by atomic mass is 79.9. The van der Waals surface area contributed by atoms with Gasteiger partial charge in [0.05, 0.1) is 9.40 Å². The van der Waals surface area contributed by atoms with Gasteiger partial charge in [0, 0.05) is 17.9 Å². The predicted octanol–water partition coefficient (Wildman–Crippen LogP) is 3.45. The highest BCUT2D eigenvalue weighted by Crippen LogP contribution is 2.27. The fourth-order valence-electron chi connectivity index (χ4n) is 1.84. The summed E-state index contributed by atoms with van der Waals surface area (Å²) in [5.41, 5.74) is -0.000494. The van der Waals surface area contributed by atoms with E-state index in [1.54, 1.807) is 0 Å². The van der Waals surface area contributed by atoms with E-state index in [9.17, 15) is 10.1 Å². The van der Waals surface area contributed by atoms with Crippen molar-refractivity contribution in [3.63, 3.8) is 0 Å². The molecule has 0 spiro atoms. The van der Waals surface area contributed by atoms with Crippen LogP contribution in [0.2, 0.25) is 0 Å². The van der Waals surface area contributed by atoms with Gasteiger partial charge in [0.15, 0.2) is 0 Å². The second-order valence-electron chi connectivity index (χ2n) is 4.15. The standard InChI is InChI=1S/C11H14BrN3O2S/c12-10-5-8(15(16)17)6-13-11(10)14-7-9-3-1-2-4-18-9/h5-6,9H,1-4,7H2,(H,13,14). The van der Waals surface area contributed by atoms with E-state index in [0.717, 1.165) is 6.54 Å². The predicted molar refractivity (Wildman–Crippen MR) is 77.2 cm³/mol. The van der Waals surface area contributed by atoms with Crippen LogP contribution in [-0.4, -0.2) is 27.5 Å². The van der Waals surface area contributed by atoms with Crippen molar-refractivity contribution in [2.45, 2.75) is 24.5 Å². The fourth-order valence-corrected chi connectivity index (χ4v) is 3.55. The average Bonchev–Trinajstić information content (AvgIpc) is 2.38. The van der Waals surface area contributed by atoms with Gasteiger partial charge >= 0.3 is 0 Å². The Morgan fingerprint density at radius 2 is 2.44 bits per heavy atom. The molecule has 1 aromatic rings. The number of halogens is 1. The van der Waals surface area contributed by atoms with E-state index in [1.165, 1.54) is 37.3 Å². The molecular weight excluding hydrogens is 318 g/mol. The van der Waals surface area contributed by atoms with Gasteiger partial charge in [-0.2, -0.15) is 11.8 Å². The average molecular weight is 332 g/mol. The SMILES string of the molecule is O=[N+]([O-])c1cnc(NCC2CCCCS2)c(Br)c1. The van der Waals surface area contributed by atoms with E-state index >= 15 is 0 Å². The largest absolute Gasteiger partial charge is 0.368 e. The lowest BCUT2D eigenvalue weighted by atomic mass is 10.2. The molecule has 1 saturated heterocycles. The molecule has 98 valence electrons. The van der Waals surface area contributed by atoms with Gasteiger partial charge in [0.25, 0.3) is 5.69 Å². The quantitative estimate of drug-likeness (QED) is 0.676. The summed E-state index contributed by atoms with van der Waals surface area (Å²) >= 11 is 5.29. The van der Waals surface area contributed by atoms with Crippen molar-refractivity contribution in [1.29, 1.82) is 0 Å². The molecule has 0 aliphatic carbocycles. The van der Waals surface area contributed by atoms with Gasteiger partial charge in [-0.3, -0.25) is 10.1 Å². The molecule has 1 unspecified atom stereocenters. The second-order valence-corrected chi connectivity index (χ2v) is 6.41. The summed E-state index contributed by atoms with van der Waals surface area (Å²) in [6, 6.07) is 1.48. The number of aromatic nitrogens is 1. The van der Waals surface area contributed by atoms with Crippen molar-refractivity contribution in [2.24, 2.45) is 0 Å². The van der Waals surface area contributed by atoms with Gasteiger partial charge in [-0.15, -0.1) is 0 Å². The molecule has 0 aromatic carbocycles. The molecule has 1 fully saturated rings. The molecule has 1 N–H and O–H groups in total. The monoisotopic (exact) mass is 331 g/mol. The third-order valence-corrected chi connectivity index (χ3v) is 4.81. The van der Waals surface area contributed by atoms with E-state index in [4.69, 9.17) is 0 Å². The van der Waals surface area contributed by atoms with E-state index in [2.05, 4.69) is 26.2 Å². The number of nitrogens with one attached hydrogen (secondary N) is 1. The van der Waals surface area contributed by atoms with Crippen molar-refractivity contribution < 1.29 is 4.92 Å². The first-order valence-electron chi connectivity index (χ1n) is 5.82. The van der Waals surface area contributed by atoms with Gasteiger partial charge in [-0.1, -0.05) is 6.42 Å². The van der Waals surface area contributed by atoms with E-state index in [1.807, 2.05) is 11.8 Å². The van der Waals surface area contributed by atoms with Crippen LogP contribution in [0.25, 0.3) is 0 Å². The Bertz CT molecular complexity index is 438. The van der Waals surface area contributed by atoms with Crippen molar-refractivity contribution >= 4 is 39.2 Å². The normalized spacial score (nSPS) is 19.5. The van der Waals surface area contributed by atoms with Crippen LogP contribution in [0.15, 0.2) is 16.7 Å². The maximum absolute atomic E-state index is 10.6. The first-order valence-corrected chi connectivity index (χ1v) is 7.66. The molecule has 1 aliphatic rings. The first kappa shape index (κ1) is 13.6. The molecule has 5 nitrogen and oxygen atoms in total. The van der Waals surface area contributed by atoms with Crippen LogP contribution in [0.1, 0.15) is 19.3 Å². The molecule has 1 atom stereocenters. The summed E-state index contributed by atoms with van der Waals surface area (Å²) < 4.78 is 0.637. The highest BCUT2D eigenvalue weighted by Gasteiger charge is 2.15. The fraction of sp³-hybridized carbons (Fsp3) is 0.545. The van der Waals surface area contributed by atoms with Crippen LogP contribution >= 0.6 is 27.7 Å². The summed E-state index contributed by atoms with van der Waals surface area (Å²) in [6.45, 7) is 0.855. The lowest BCUT2D eigenvalue weighted by Crippen LogP contribution is -2.20. The number of pyridine rings is 1. The summed E-state index contributed by atoms with van der Waals surface area (Å²) in [6.07, 6.45) is 5.10. The highest BCUT2D eigenvalue weighted by molar-refractivity contribution is 9.10. The van der Waals surface area contributed by atoms with Gasteiger partial charge in [-0.25, -0.2) is 4.98 Å². The summed E-state index contributed by atoms with van der Waals surface area (Å²) in [4.78, 5) is 14.2. The van der Waals surface area contributed by atoms with Gasteiger partial charge < -0.3 is 5.32 Å². The number of rotatable bonds is 4. The van der Waals surface area contributed by atoms with Crippen molar-refractivity contribution in [2.75, 3.05) is 17.6 Å². The smallest absolute Gasteiger partial charge is 0.288 e. The molecule has 0 amide bonds. The zero-order chi connectivity index (χ0) is 13.0. The van der Waals surface area contributed by atoms with E-state index < -0.39 is 4.92 Å². The van der Waals surface area contributed by atoms with Gasteiger partial charge in [0.1, 0.15) is 12.0 Å². The molecule has 7 heteroatoms. The molecule has 2 rings (SSSR count). The topological polar surface area (TPSA) is 68.1 Å². The molecule has 1 aromatic heterocycles. The Morgan fingerprint density at radius 3 is 3.06 bits per heavy atom. The third-order valence-electron chi connectivity index (χ3n) is 2.81. The minimum Gasteiger partial charge on any atom is -0.368 e. The Kier molecular flexibility index (Phi) is 4.82. The summed E-state index contributed by atoms with van der Waals surface area (Å²) in [7, 11) is 0. The lowest BCUT2D eigenvalue weighted by Gasteiger charge is -2.21. The second kappa shape index (κ2) is 6.38. The molecule has 0 saturated carbocycles. The minimum atomic E-state index is -0.446. The Balaban J connectivity index is 1.94. The van der Waals surface area contributed by atoms with Crippen LogP contribution in [0, 0.1) is 10.1 Å². The van der Waals surface area contributed by atoms with Gasteiger partial charge in [0.2, 0.25) is 0 Å². The first-order chi connectivity index (χ1) is 8.66. The number of nitro groups is 1. The van der Waals surface area contributed by atoms with E-state index in [0.29, 0.717) is 15.5 Å². The Morgan fingerprint density at radius 1 is 1.61 bits per heavy atom. The minimum absolute atomic E-state index is 0.000494. The van der Waals surface area contributed by atoms with Crippen molar-refractivity contribution in [3.05, 3.63) is 26.9 Å². The van der Waals surface area contributed by atoms with E-state index in [-0.39, 0.29) is 5.69 Å². The number of hydrogen-bond donors (Lipinski definition) is 1. The van der Waals surface area contributed by atoms with Gasteiger partial charge in [-0.05, 0) is 34.5 Å². The maximum Gasteiger partial charge on any atom is 0.288 e. The molecule has 1 aliphatic heterocycles. The molecule has 0 radical (unpaired) electrons. The van der Waals surface area contributed by atoms with Crippen molar-refractivity contribution in [1.82, 2.24) is 4.98 Å². The third kappa shape index (κ3) is 3.58. The zero-order valence-electron chi connectivity index (χ0n) is 9.76. The Labute approximate surface area is 118 Å². The molecule has 18 heavy (non-hydrogen) atoms. The number of thioether (sulfide) groups is 1. The zero-order valence-corrected chi connectivity index (χ0v) is 12.2. The van der Waals surface area contributed by atoms with Crippen LogP contribution < -0.4 is 5.32 Å². The number of nitrogens with zero attached hydrogens (tertiary/aromatic N) is 2. The van der Waals surface area contributed by atoms with Crippen LogP contribution in [-0.2, 0) is 0 Å². The van der Waals surface area contributed by atoms with Crippen LogP contribution in [0.5, 0.6) is 0 Å². The van der Waals surface area contributed by atoms with Crippen molar-refractivity contribution in [3.8, 4) is 0 Å². The van der Waals surface area contributed by atoms with Crippen LogP contribution in [0.4, 0.5) is 11.5 Å². The number of hydrogen-bond acceptors (Lipinski definition) is 5. The molecule has 2 heterocycles. The Hall–Kier alpha value is -0.820.